The SMILES string of the molecule is C[C@@H]1Sc2ccc(S(=O)(=O)CCC(=O)O)cc2NC1=O. The molecule has 0 saturated carbocycles. The number of benzene rings is 1. The molecular formula is C12H13NO5S2. The molecule has 0 spiro atoms. The Morgan fingerprint density at radius 1 is 1.45 bits per heavy atom. The largest absolute Gasteiger partial charge is 0.481 e. The summed E-state index contributed by atoms with van der Waals surface area (Å²) in [6, 6.07) is 4.44. The van der Waals surface area contributed by atoms with E-state index in [1.165, 1.54) is 23.9 Å². The maximum Gasteiger partial charge on any atom is 0.304 e. The lowest BCUT2D eigenvalue weighted by atomic mass is 10.3. The summed E-state index contributed by atoms with van der Waals surface area (Å²) in [4.78, 5) is 22.9. The Morgan fingerprint density at radius 3 is 2.80 bits per heavy atom. The van der Waals surface area contributed by atoms with Crippen LogP contribution >= 0.6 is 11.8 Å². The summed E-state index contributed by atoms with van der Waals surface area (Å²) in [6.07, 6.45) is -0.447. The van der Waals surface area contributed by atoms with Crippen molar-refractivity contribution < 1.29 is 23.1 Å². The lowest BCUT2D eigenvalue weighted by Gasteiger charge is -2.21. The number of rotatable bonds is 4. The summed E-state index contributed by atoms with van der Waals surface area (Å²) in [6.45, 7) is 1.76. The highest BCUT2D eigenvalue weighted by molar-refractivity contribution is 8.01. The Kier molecular flexibility index (Phi) is 4.05. The molecule has 2 rings (SSSR count). The fraction of sp³-hybridized carbons (Fsp3) is 0.333. The third-order valence-electron chi connectivity index (χ3n) is 2.83. The van der Waals surface area contributed by atoms with Gasteiger partial charge in [0.1, 0.15) is 0 Å². The first-order valence-corrected chi connectivity index (χ1v) is 8.39. The van der Waals surface area contributed by atoms with Crippen LogP contribution in [0.15, 0.2) is 28.0 Å². The number of nitrogens with one attached hydrogen (secondary N) is 1. The minimum Gasteiger partial charge on any atom is -0.481 e. The van der Waals surface area contributed by atoms with E-state index in [0.29, 0.717) is 5.69 Å². The molecule has 0 unspecified atom stereocenters. The molecule has 108 valence electrons. The number of amides is 1. The van der Waals surface area contributed by atoms with Crippen molar-refractivity contribution in [1.29, 1.82) is 0 Å². The van der Waals surface area contributed by atoms with Gasteiger partial charge in [0.15, 0.2) is 9.84 Å². The van der Waals surface area contributed by atoms with Crippen molar-refractivity contribution in [3.05, 3.63) is 18.2 Å². The Balaban J connectivity index is 2.29. The number of sulfone groups is 1. The zero-order valence-corrected chi connectivity index (χ0v) is 12.3. The van der Waals surface area contributed by atoms with Crippen LogP contribution in [0.4, 0.5) is 5.69 Å². The Hall–Kier alpha value is -1.54. The van der Waals surface area contributed by atoms with Crippen LogP contribution in [0, 0.1) is 0 Å². The number of carbonyl (C=O) groups is 2. The molecule has 0 bridgehead atoms. The first-order chi connectivity index (χ1) is 9.29. The number of hydrogen-bond acceptors (Lipinski definition) is 5. The second kappa shape index (κ2) is 5.45. The number of carbonyl (C=O) groups excluding carboxylic acids is 1. The van der Waals surface area contributed by atoms with E-state index < -0.39 is 28.0 Å². The van der Waals surface area contributed by atoms with E-state index in [9.17, 15) is 18.0 Å². The van der Waals surface area contributed by atoms with Crippen LogP contribution in [0.1, 0.15) is 13.3 Å². The standard InChI is InChI=1S/C12H13NO5S2/c1-7-12(16)13-9-6-8(2-3-10(9)19-7)20(17,18)5-4-11(14)15/h2-3,6-7H,4-5H2,1H3,(H,13,16)(H,14,15)/t7-/m0/s1. The lowest BCUT2D eigenvalue weighted by Crippen LogP contribution is -2.26. The van der Waals surface area contributed by atoms with Gasteiger partial charge in [-0.1, -0.05) is 0 Å². The molecular weight excluding hydrogens is 302 g/mol. The number of carboxylic acid groups (broad SMARTS) is 1. The topological polar surface area (TPSA) is 101 Å². The molecule has 2 N–H and O–H groups in total. The van der Waals surface area contributed by atoms with Gasteiger partial charge in [0.05, 0.1) is 28.0 Å². The summed E-state index contributed by atoms with van der Waals surface area (Å²) in [5.41, 5.74) is 0.453. The maximum absolute atomic E-state index is 12.0. The van der Waals surface area contributed by atoms with Crippen molar-refractivity contribution in [1.82, 2.24) is 0 Å². The quantitative estimate of drug-likeness (QED) is 0.870. The fourth-order valence-corrected chi connectivity index (χ4v) is 3.90. The zero-order valence-electron chi connectivity index (χ0n) is 10.6. The average molecular weight is 315 g/mol. The number of thioether (sulfide) groups is 1. The van der Waals surface area contributed by atoms with Crippen LogP contribution in [-0.2, 0) is 19.4 Å². The number of fused-ring (bicyclic) bond motifs is 1. The third-order valence-corrected chi connectivity index (χ3v) is 5.72. The molecule has 1 aromatic rings. The highest BCUT2D eigenvalue weighted by atomic mass is 32.2. The molecule has 0 radical (unpaired) electrons. The third kappa shape index (κ3) is 3.13. The normalized spacial score (nSPS) is 18.2. The molecule has 0 saturated heterocycles. The van der Waals surface area contributed by atoms with Crippen LogP contribution in [0.2, 0.25) is 0 Å². The van der Waals surface area contributed by atoms with Gasteiger partial charge in [-0.2, -0.15) is 0 Å². The molecule has 1 heterocycles. The van der Waals surface area contributed by atoms with Gasteiger partial charge < -0.3 is 10.4 Å². The van der Waals surface area contributed by atoms with Crippen molar-refractivity contribution in [3.63, 3.8) is 0 Å². The van der Waals surface area contributed by atoms with Gasteiger partial charge in [-0.3, -0.25) is 9.59 Å². The van der Waals surface area contributed by atoms with E-state index in [-0.39, 0.29) is 16.1 Å². The molecule has 1 aliphatic rings. The number of hydrogen-bond donors (Lipinski definition) is 2. The first-order valence-electron chi connectivity index (χ1n) is 5.86. The summed E-state index contributed by atoms with van der Waals surface area (Å²) >= 11 is 1.36. The summed E-state index contributed by atoms with van der Waals surface area (Å²) < 4.78 is 24.0. The van der Waals surface area contributed by atoms with E-state index in [4.69, 9.17) is 5.11 Å². The van der Waals surface area contributed by atoms with Gasteiger partial charge >= 0.3 is 5.97 Å². The van der Waals surface area contributed by atoms with Crippen molar-refractivity contribution in [3.8, 4) is 0 Å². The second-order valence-electron chi connectivity index (χ2n) is 4.37. The Morgan fingerprint density at radius 2 is 2.15 bits per heavy atom. The van der Waals surface area contributed by atoms with E-state index >= 15 is 0 Å². The molecule has 0 aliphatic carbocycles. The van der Waals surface area contributed by atoms with Crippen LogP contribution in [0.25, 0.3) is 0 Å². The number of aliphatic carboxylic acids is 1. The Labute approximate surface area is 120 Å². The predicted molar refractivity (Wildman–Crippen MR) is 74.7 cm³/mol. The number of carboxylic acids is 1. The van der Waals surface area contributed by atoms with E-state index in [1.54, 1.807) is 13.0 Å². The van der Waals surface area contributed by atoms with E-state index in [0.717, 1.165) is 4.90 Å². The molecule has 6 nitrogen and oxygen atoms in total. The van der Waals surface area contributed by atoms with Gasteiger partial charge in [0, 0.05) is 4.90 Å². The van der Waals surface area contributed by atoms with Crippen LogP contribution in [0.5, 0.6) is 0 Å². The van der Waals surface area contributed by atoms with E-state index in [1.807, 2.05) is 0 Å². The molecule has 1 aromatic carbocycles. The second-order valence-corrected chi connectivity index (χ2v) is 7.86. The van der Waals surface area contributed by atoms with Crippen LogP contribution in [-0.4, -0.2) is 36.4 Å². The van der Waals surface area contributed by atoms with Crippen LogP contribution < -0.4 is 5.32 Å². The number of anilines is 1. The summed E-state index contributed by atoms with van der Waals surface area (Å²) in [5.74, 6) is -1.80. The van der Waals surface area contributed by atoms with Gasteiger partial charge in [0.2, 0.25) is 5.91 Å². The van der Waals surface area contributed by atoms with Gasteiger partial charge in [-0.05, 0) is 25.1 Å². The highest BCUT2D eigenvalue weighted by Gasteiger charge is 2.25. The fourth-order valence-electron chi connectivity index (χ4n) is 1.72. The molecule has 1 aliphatic heterocycles. The van der Waals surface area contributed by atoms with Crippen molar-refractivity contribution in [2.45, 2.75) is 28.4 Å². The smallest absolute Gasteiger partial charge is 0.304 e. The van der Waals surface area contributed by atoms with Crippen molar-refractivity contribution >= 4 is 39.2 Å². The van der Waals surface area contributed by atoms with Crippen molar-refractivity contribution in [2.24, 2.45) is 0 Å². The maximum atomic E-state index is 12.0. The van der Waals surface area contributed by atoms with Gasteiger partial charge in [-0.15, -0.1) is 11.8 Å². The molecule has 20 heavy (non-hydrogen) atoms. The predicted octanol–water partition coefficient (Wildman–Crippen LogP) is 1.37. The van der Waals surface area contributed by atoms with Gasteiger partial charge in [-0.25, -0.2) is 8.42 Å². The zero-order chi connectivity index (χ0) is 14.9. The Bertz CT molecular complexity index is 668. The van der Waals surface area contributed by atoms with Gasteiger partial charge in [0.25, 0.3) is 0 Å². The highest BCUT2D eigenvalue weighted by Crippen LogP contribution is 2.36. The molecule has 8 heteroatoms. The first kappa shape index (κ1) is 14.9. The molecule has 0 aromatic heterocycles. The summed E-state index contributed by atoms with van der Waals surface area (Å²) in [5, 5.41) is 11.0. The summed E-state index contributed by atoms with van der Waals surface area (Å²) in [7, 11) is -3.66. The minimum atomic E-state index is -3.66. The molecule has 1 atom stereocenters. The monoisotopic (exact) mass is 315 g/mol. The van der Waals surface area contributed by atoms with E-state index in [2.05, 4.69) is 5.32 Å². The molecule has 0 fully saturated rings. The van der Waals surface area contributed by atoms with Crippen LogP contribution in [0.3, 0.4) is 0 Å². The lowest BCUT2D eigenvalue weighted by molar-refractivity contribution is -0.136. The molecule has 1 amide bonds. The minimum absolute atomic E-state index is 0.0213. The van der Waals surface area contributed by atoms with Crippen molar-refractivity contribution in [2.75, 3.05) is 11.1 Å². The average Bonchev–Trinajstić information content (AvgIpc) is 2.37.